The summed E-state index contributed by atoms with van der Waals surface area (Å²) in [4.78, 5) is 23.1. The minimum absolute atomic E-state index is 0.0644. The Morgan fingerprint density at radius 1 is 1.21 bits per heavy atom. The standard InChI is InChI=1S/C18H26N4O6S/c1-3-5-13-28-14-8-10-15(11-9-14)29(26,27)22-16(17(23)21-25)7-6-12-20-18(24)19-4-2/h8-11,16,22,25H,4,6-7,12-13H2,1-2H3,(H,21,23)(H2,19,20,24)/t16-/m1/s1. The third-order valence-electron chi connectivity index (χ3n) is 3.64. The number of carbonyl (C=O) groups excluding carboxylic acids is 2. The van der Waals surface area contributed by atoms with Crippen LogP contribution in [0.3, 0.4) is 0 Å². The fourth-order valence-electron chi connectivity index (χ4n) is 2.21. The molecule has 0 heterocycles. The molecule has 160 valence electrons. The Morgan fingerprint density at radius 2 is 1.90 bits per heavy atom. The Morgan fingerprint density at radius 3 is 2.48 bits per heavy atom. The van der Waals surface area contributed by atoms with E-state index in [9.17, 15) is 18.0 Å². The minimum atomic E-state index is -4.02. The van der Waals surface area contributed by atoms with Crippen LogP contribution in [0.5, 0.6) is 5.75 Å². The second-order valence-electron chi connectivity index (χ2n) is 5.77. The van der Waals surface area contributed by atoms with E-state index in [1.165, 1.54) is 29.7 Å². The molecule has 0 fully saturated rings. The number of amides is 3. The zero-order valence-corrected chi connectivity index (χ0v) is 17.1. The van der Waals surface area contributed by atoms with E-state index in [-0.39, 0.29) is 30.5 Å². The number of hydroxylamine groups is 1. The summed E-state index contributed by atoms with van der Waals surface area (Å²) in [5.74, 6) is 4.96. The highest BCUT2D eigenvalue weighted by molar-refractivity contribution is 7.89. The van der Waals surface area contributed by atoms with Crippen LogP contribution in [-0.4, -0.2) is 51.3 Å². The summed E-state index contributed by atoms with van der Waals surface area (Å²) in [6, 6.07) is 4.05. The Balaban J connectivity index is 2.71. The van der Waals surface area contributed by atoms with Crippen molar-refractivity contribution in [1.82, 2.24) is 20.8 Å². The first kappa shape index (κ1) is 24.2. The van der Waals surface area contributed by atoms with Gasteiger partial charge in [0.1, 0.15) is 18.4 Å². The lowest BCUT2D eigenvalue weighted by atomic mass is 10.1. The van der Waals surface area contributed by atoms with Crippen molar-refractivity contribution in [3.63, 3.8) is 0 Å². The molecule has 10 nitrogen and oxygen atoms in total. The van der Waals surface area contributed by atoms with Crippen molar-refractivity contribution in [3.8, 4) is 17.6 Å². The van der Waals surface area contributed by atoms with Crippen molar-refractivity contribution < 1.29 is 28.0 Å². The molecule has 0 bridgehead atoms. The first-order valence-corrected chi connectivity index (χ1v) is 10.4. The number of carbonyl (C=O) groups is 2. The third-order valence-corrected chi connectivity index (χ3v) is 5.13. The molecule has 11 heteroatoms. The van der Waals surface area contributed by atoms with Crippen LogP contribution in [0.25, 0.3) is 0 Å². The lowest BCUT2D eigenvalue weighted by Gasteiger charge is -2.17. The molecule has 0 aliphatic rings. The number of hydrogen-bond acceptors (Lipinski definition) is 6. The molecule has 0 unspecified atom stereocenters. The molecule has 0 aliphatic carbocycles. The minimum Gasteiger partial charge on any atom is -0.481 e. The molecule has 0 saturated heterocycles. The van der Waals surface area contributed by atoms with Gasteiger partial charge in [-0.2, -0.15) is 4.72 Å². The van der Waals surface area contributed by atoms with E-state index in [4.69, 9.17) is 9.94 Å². The van der Waals surface area contributed by atoms with Gasteiger partial charge in [-0.25, -0.2) is 18.7 Å². The molecule has 0 aromatic heterocycles. The molecule has 0 radical (unpaired) electrons. The molecule has 0 spiro atoms. The second-order valence-corrected chi connectivity index (χ2v) is 7.48. The van der Waals surface area contributed by atoms with Gasteiger partial charge in [-0.3, -0.25) is 10.0 Å². The number of rotatable bonds is 11. The SMILES string of the molecule is CC#CCOc1ccc(S(=O)(=O)N[C@H](CCCNC(=O)NCC)C(=O)NO)cc1. The topological polar surface area (TPSA) is 146 Å². The summed E-state index contributed by atoms with van der Waals surface area (Å²) >= 11 is 0. The van der Waals surface area contributed by atoms with Crippen LogP contribution in [-0.2, 0) is 14.8 Å². The van der Waals surface area contributed by atoms with Crippen LogP contribution in [0.1, 0.15) is 26.7 Å². The van der Waals surface area contributed by atoms with Gasteiger partial charge in [0, 0.05) is 13.1 Å². The molecule has 1 atom stereocenters. The Hall–Kier alpha value is -2.81. The van der Waals surface area contributed by atoms with Crippen molar-refractivity contribution in [2.45, 2.75) is 37.6 Å². The van der Waals surface area contributed by atoms with Crippen LogP contribution < -0.4 is 25.6 Å². The highest BCUT2D eigenvalue weighted by Crippen LogP contribution is 2.16. The zero-order chi connectivity index (χ0) is 21.7. The van der Waals surface area contributed by atoms with Crippen LogP contribution in [0, 0.1) is 11.8 Å². The first-order valence-electron chi connectivity index (χ1n) is 8.94. The average Bonchev–Trinajstić information content (AvgIpc) is 2.70. The summed E-state index contributed by atoms with van der Waals surface area (Å²) in [7, 11) is -4.02. The van der Waals surface area contributed by atoms with Crippen molar-refractivity contribution in [2.24, 2.45) is 0 Å². The Labute approximate surface area is 170 Å². The van der Waals surface area contributed by atoms with Crippen LogP contribution in [0.4, 0.5) is 4.79 Å². The summed E-state index contributed by atoms with van der Waals surface area (Å²) in [6.07, 6.45) is 0.373. The third kappa shape index (κ3) is 8.82. The van der Waals surface area contributed by atoms with E-state index < -0.39 is 22.0 Å². The molecule has 5 N–H and O–H groups in total. The van der Waals surface area contributed by atoms with E-state index >= 15 is 0 Å². The molecule has 29 heavy (non-hydrogen) atoms. The number of benzene rings is 1. The molecule has 1 aromatic rings. The smallest absolute Gasteiger partial charge is 0.314 e. The maximum absolute atomic E-state index is 12.5. The molecular weight excluding hydrogens is 400 g/mol. The van der Waals surface area contributed by atoms with Gasteiger partial charge < -0.3 is 15.4 Å². The second kappa shape index (κ2) is 12.6. The fraction of sp³-hybridized carbons (Fsp3) is 0.444. The number of urea groups is 1. The van der Waals surface area contributed by atoms with Crippen molar-refractivity contribution >= 4 is 22.0 Å². The number of sulfonamides is 1. The fourth-order valence-corrected chi connectivity index (χ4v) is 3.44. The quantitative estimate of drug-likeness (QED) is 0.149. The number of ether oxygens (including phenoxy) is 1. The van der Waals surface area contributed by atoms with Gasteiger partial charge in [0.25, 0.3) is 5.91 Å². The van der Waals surface area contributed by atoms with Gasteiger partial charge >= 0.3 is 6.03 Å². The predicted octanol–water partition coefficient (Wildman–Crippen LogP) is 0.340. The van der Waals surface area contributed by atoms with Gasteiger partial charge in [0.15, 0.2) is 0 Å². The van der Waals surface area contributed by atoms with Gasteiger partial charge in [-0.15, -0.1) is 5.92 Å². The van der Waals surface area contributed by atoms with Crippen LogP contribution >= 0.6 is 0 Å². The van der Waals surface area contributed by atoms with Crippen LogP contribution in [0.15, 0.2) is 29.2 Å². The molecule has 1 aromatic carbocycles. The van der Waals surface area contributed by atoms with Gasteiger partial charge in [-0.05, 0) is 51.0 Å². The molecule has 3 amide bonds. The van der Waals surface area contributed by atoms with E-state index in [2.05, 4.69) is 27.2 Å². The van der Waals surface area contributed by atoms with E-state index in [0.717, 1.165) is 0 Å². The van der Waals surface area contributed by atoms with Crippen LogP contribution in [0.2, 0.25) is 0 Å². The normalized spacial score (nSPS) is 11.6. The van der Waals surface area contributed by atoms with E-state index in [1.807, 2.05) is 0 Å². The Kier molecular flexibility index (Phi) is 10.5. The van der Waals surface area contributed by atoms with E-state index in [1.54, 1.807) is 13.8 Å². The molecular formula is C18H26N4O6S. The summed E-state index contributed by atoms with van der Waals surface area (Å²) < 4.78 is 32.7. The average molecular weight is 426 g/mol. The van der Waals surface area contributed by atoms with Crippen molar-refractivity contribution in [2.75, 3.05) is 19.7 Å². The lowest BCUT2D eigenvalue weighted by Crippen LogP contribution is -2.46. The predicted molar refractivity (Wildman–Crippen MR) is 106 cm³/mol. The highest BCUT2D eigenvalue weighted by Gasteiger charge is 2.25. The summed E-state index contributed by atoms with van der Waals surface area (Å²) in [6.45, 7) is 4.34. The monoisotopic (exact) mass is 426 g/mol. The van der Waals surface area contributed by atoms with Crippen molar-refractivity contribution in [3.05, 3.63) is 24.3 Å². The van der Waals surface area contributed by atoms with Crippen molar-refractivity contribution in [1.29, 1.82) is 0 Å². The largest absolute Gasteiger partial charge is 0.481 e. The molecule has 0 aliphatic heterocycles. The summed E-state index contributed by atoms with van der Waals surface area (Å²) in [5, 5.41) is 14.0. The zero-order valence-electron chi connectivity index (χ0n) is 16.3. The highest BCUT2D eigenvalue weighted by atomic mass is 32.2. The first-order chi connectivity index (χ1) is 13.8. The molecule has 1 rings (SSSR count). The summed E-state index contributed by atoms with van der Waals surface area (Å²) in [5.41, 5.74) is 1.45. The number of nitrogens with one attached hydrogen (secondary N) is 4. The lowest BCUT2D eigenvalue weighted by molar-refractivity contribution is -0.131. The van der Waals surface area contributed by atoms with Gasteiger partial charge in [0.05, 0.1) is 4.90 Å². The maximum atomic E-state index is 12.5. The number of hydrogen-bond donors (Lipinski definition) is 5. The van der Waals surface area contributed by atoms with Gasteiger partial charge in [-0.1, -0.05) is 5.92 Å². The Bertz CT molecular complexity index is 830. The van der Waals surface area contributed by atoms with E-state index in [0.29, 0.717) is 18.7 Å². The molecule has 0 saturated carbocycles. The maximum Gasteiger partial charge on any atom is 0.314 e. The van der Waals surface area contributed by atoms with Gasteiger partial charge in [0.2, 0.25) is 10.0 Å².